The van der Waals surface area contributed by atoms with Crippen LogP contribution in [0.2, 0.25) is 0 Å². The number of rotatable bonds is 6. The molecule has 0 fully saturated rings. The van der Waals surface area contributed by atoms with Crippen LogP contribution in [0, 0.1) is 0 Å². The SMILES string of the molecule is CCc1ccc2occ(C(=O)NCCCc3nncn3C)c2c1. The summed E-state index contributed by atoms with van der Waals surface area (Å²) in [7, 11) is 1.91. The van der Waals surface area contributed by atoms with E-state index in [1.807, 2.05) is 29.8 Å². The van der Waals surface area contributed by atoms with Crippen molar-refractivity contribution in [3.05, 3.63) is 47.7 Å². The molecule has 0 aliphatic carbocycles. The van der Waals surface area contributed by atoms with Gasteiger partial charge in [-0.3, -0.25) is 4.79 Å². The second-order valence-corrected chi connectivity index (χ2v) is 5.55. The van der Waals surface area contributed by atoms with Gasteiger partial charge in [-0.05, 0) is 30.5 Å². The molecule has 0 saturated carbocycles. The van der Waals surface area contributed by atoms with Crippen molar-refractivity contribution >= 4 is 16.9 Å². The average molecular weight is 312 g/mol. The van der Waals surface area contributed by atoms with E-state index in [9.17, 15) is 4.79 Å². The van der Waals surface area contributed by atoms with E-state index in [2.05, 4.69) is 22.4 Å². The monoisotopic (exact) mass is 312 g/mol. The molecule has 0 aliphatic rings. The number of aromatic nitrogens is 3. The molecule has 6 heteroatoms. The minimum absolute atomic E-state index is 0.102. The lowest BCUT2D eigenvalue weighted by atomic mass is 10.1. The molecule has 0 bridgehead atoms. The molecule has 0 aliphatic heterocycles. The van der Waals surface area contributed by atoms with E-state index in [-0.39, 0.29) is 5.91 Å². The molecule has 0 unspecified atom stereocenters. The molecule has 1 N–H and O–H groups in total. The van der Waals surface area contributed by atoms with Gasteiger partial charge in [-0.15, -0.1) is 10.2 Å². The Labute approximate surface area is 134 Å². The number of fused-ring (bicyclic) bond motifs is 1. The van der Waals surface area contributed by atoms with Gasteiger partial charge in [0, 0.05) is 25.4 Å². The van der Waals surface area contributed by atoms with Crippen LogP contribution in [0.15, 0.2) is 35.2 Å². The van der Waals surface area contributed by atoms with Crippen molar-refractivity contribution in [2.24, 2.45) is 7.05 Å². The molecule has 0 saturated heterocycles. The zero-order valence-corrected chi connectivity index (χ0v) is 13.4. The van der Waals surface area contributed by atoms with Gasteiger partial charge in [0.05, 0.1) is 5.56 Å². The highest BCUT2D eigenvalue weighted by Crippen LogP contribution is 2.22. The van der Waals surface area contributed by atoms with E-state index in [0.29, 0.717) is 12.1 Å². The van der Waals surface area contributed by atoms with E-state index < -0.39 is 0 Å². The van der Waals surface area contributed by atoms with Crippen LogP contribution in [-0.2, 0) is 19.9 Å². The Bertz CT molecular complexity index is 819. The summed E-state index contributed by atoms with van der Waals surface area (Å²) in [5.74, 6) is 0.815. The van der Waals surface area contributed by atoms with E-state index in [1.165, 1.54) is 11.8 Å². The maximum Gasteiger partial charge on any atom is 0.255 e. The number of nitrogens with zero attached hydrogens (tertiary/aromatic N) is 3. The Hall–Kier alpha value is -2.63. The number of carbonyl (C=O) groups excluding carboxylic acids is 1. The first-order valence-electron chi connectivity index (χ1n) is 7.80. The van der Waals surface area contributed by atoms with Gasteiger partial charge in [-0.25, -0.2) is 0 Å². The summed E-state index contributed by atoms with van der Waals surface area (Å²) >= 11 is 0. The number of furan rings is 1. The van der Waals surface area contributed by atoms with Crippen molar-refractivity contribution in [1.29, 1.82) is 0 Å². The molecular weight excluding hydrogens is 292 g/mol. The van der Waals surface area contributed by atoms with Crippen LogP contribution in [0.1, 0.15) is 35.1 Å². The summed E-state index contributed by atoms with van der Waals surface area (Å²) in [4.78, 5) is 12.3. The van der Waals surface area contributed by atoms with Gasteiger partial charge in [0.2, 0.25) is 0 Å². The molecule has 1 amide bonds. The Morgan fingerprint density at radius 3 is 3.00 bits per heavy atom. The second-order valence-electron chi connectivity index (χ2n) is 5.55. The van der Waals surface area contributed by atoms with Crippen LogP contribution in [0.25, 0.3) is 11.0 Å². The molecule has 6 nitrogen and oxygen atoms in total. The lowest BCUT2D eigenvalue weighted by Gasteiger charge is -2.04. The van der Waals surface area contributed by atoms with Crippen LogP contribution in [0.4, 0.5) is 0 Å². The number of aryl methyl sites for hydroxylation is 3. The predicted molar refractivity (Wildman–Crippen MR) is 87.2 cm³/mol. The van der Waals surface area contributed by atoms with Gasteiger partial charge in [-0.2, -0.15) is 0 Å². The van der Waals surface area contributed by atoms with Crippen LogP contribution in [0.5, 0.6) is 0 Å². The fourth-order valence-electron chi connectivity index (χ4n) is 2.55. The standard InChI is InChI=1S/C17H20N4O2/c1-3-12-6-7-15-13(9-12)14(10-23-15)17(22)18-8-4-5-16-20-19-11-21(16)2/h6-7,9-11H,3-5,8H2,1-2H3,(H,18,22). The number of nitrogens with one attached hydrogen (secondary N) is 1. The van der Waals surface area contributed by atoms with Crippen molar-refractivity contribution in [2.45, 2.75) is 26.2 Å². The first-order chi connectivity index (χ1) is 11.2. The Kier molecular flexibility index (Phi) is 4.41. The summed E-state index contributed by atoms with van der Waals surface area (Å²) in [6.45, 7) is 2.68. The molecule has 120 valence electrons. The zero-order valence-electron chi connectivity index (χ0n) is 13.4. The number of hydrogen-bond donors (Lipinski definition) is 1. The molecule has 23 heavy (non-hydrogen) atoms. The topological polar surface area (TPSA) is 73.0 Å². The molecule has 0 atom stereocenters. The van der Waals surface area contributed by atoms with Crippen molar-refractivity contribution in [2.75, 3.05) is 6.54 Å². The largest absolute Gasteiger partial charge is 0.463 e. The van der Waals surface area contributed by atoms with E-state index in [0.717, 1.165) is 36.1 Å². The fourth-order valence-corrected chi connectivity index (χ4v) is 2.55. The minimum atomic E-state index is -0.102. The smallest absolute Gasteiger partial charge is 0.255 e. The van der Waals surface area contributed by atoms with E-state index >= 15 is 0 Å². The van der Waals surface area contributed by atoms with Crippen molar-refractivity contribution in [3.8, 4) is 0 Å². The van der Waals surface area contributed by atoms with E-state index in [4.69, 9.17) is 4.42 Å². The van der Waals surface area contributed by atoms with Crippen LogP contribution < -0.4 is 5.32 Å². The van der Waals surface area contributed by atoms with Crippen LogP contribution in [-0.4, -0.2) is 27.2 Å². The lowest BCUT2D eigenvalue weighted by Crippen LogP contribution is -2.24. The highest BCUT2D eigenvalue weighted by molar-refractivity contribution is 6.06. The lowest BCUT2D eigenvalue weighted by molar-refractivity contribution is 0.0954. The maximum absolute atomic E-state index is 12.3. The normalized spacial score (nSPS) is 11.0. The van der Waals surface area contributed by atoms with Gasteiger partial charge < -0.3 is 14.3 Å². The summed E-state index contributed by atoms with van der Waals surface area (Å²) in [5, 5.41) is 11.7. The third kappa shape index (κ3) is 3.26. The Morgan fingerprint density at radius 2 is 2.26 bits per heavy atom. The van der Waals surface area contributed by atoms with Crippen molar-refractivity contribution < 1.29 is 9.21 Å². The number of benzene rings is 1. The molecule has 3 rings (SSSR count). The molecule has 3 aromatic rings. The van der Waals surface area contributed by atoms with Gasteiger partial charge in [0.25, 0.3) is 5.91 Å². The Balaban J connectivity index is 1.61. The zero-order chi connectivity index (χ0) is 16.2. The molecular formula is C17H20N4O2. The maximum atomic E-state index is 12.3. The summed E-state index contributed by atoms with van der Waals surface area (Å²) in [6.07, 6.45) is 5.73. The minimum Gasteiger partial charge on any atom is -0.463 e. The van der Waals surface area contributed by atoms with Gasteiger partial charge in [-0.1, -0.05) is 13.0 Å². The number of carbonyl (C=O) groups is 1. The first kappa shape index (κ1) is 15.3. The van der Waals surface area contributed by atoms with E-state index in [1.54, 1.807) is 6.33 Å². The molecule has 1 aromatic carbocycles. The summed E-state index contributed by atoms with van der Waals surface area (Å²) < 4.78 is 7.35. The second kappa shape index (κ2) is 6.64. The van der Waals surface area contributed by atoms with Gasteiger partial charge in [0.1, 0.15) is 24.0 Å². The summed E-state index contributed by atoms with van der Waals surface area (Å²) in [5.41, 5.74) is 2.52. The van der Waals surface area contributed by atoms with Gasteiger partial charge >= 0.3 is 0 Å². The number of amides is 1. The molecule has 0 spiro atoms. The fraction of sp³-hybridized carbons (Fsp3) is 0.353. The van der Waals surface area contributed by atoms with Crippen LogP contribution >= 0.6 is 0 Å². The number of hydrogen-bond acceptors (Lipinski definition) is 4. The highest BCUT2D eigenvalue weighted by Gasteiger charge is 2.13. The third-order valence-electron chi connectivity index (χ3n) is 3.96. The van der Waals surface area contributed by atoms with Crippen LogP contribution in [0.3, 0.4) is 0 Å². The quantitative estimate of drug-likeness (QED) is 0.710. The summed E-state index contributed by atoms with van der Waals surface area (Å²) in [6, 6.07) is 5.96. The van der Waals surface area contributed by atoms with Gasteiger partial charge in [0.15, 0.2) is 0 Å². The average Bonchev–Trinajstić information content (AvgIpc) is 3.16. The van der Waals surface area contributed by atoms with Crippen molar-refractivity contribution in [1.82, 2.24) is 20.1 Å². The Morgan fingerprint density at radius 1 is 1.39 bits per heavy atom. The molecule has 2 heterocycles. The third-order valence-corrected chi connectivity index (χ3v) is 3.96. The molecule has 2 aromatic heterocycles. The van der Waals surface area contributed by atoms with Crippen molar-refractivity contribution in [3.63, 3.8) is 0 Å². The first-order valence-corrected chi connectivity index (χ1v) is 7.80. The molecule has 0 radical (unpaired) electrons. The highest BCUT2D eigenvalue weighted by atomic mass is 16.3. The predicted octanol–water partition coefficient (Wildman–Crippen LogP) is 2.49.